The van der Waals surface area contributed by atoms with E-state index in [1.54, 1.807) is 31.4 Å². The standard InChI is InChI=1S/C10H13NO3.C2H6/c1-13-8-2-4-9(5-3-8)14-7-6-10(11)12;1-2/h2-5H,6-7H2,1H3,(H2,11,12);1-2H3. The molecule has 1 rings (SSSR count). The number of primary amides is 1. The Labute approximate surface area is 96.4 Å². The van der Waals surface area contributed by atoms with Crippen molar-refractivity contribution in [1.82, 2.24) is 0 Å². The molecule has 0 atom stereocenters. The number of benzene rings is 1. The summed E-state index contributed by atoms with van der Waals surface area (Å²) >= 11 is 0. The zero-order chi connectivity index (χ0) is 12.4. The van der Waals surface area contributed by atoms with Gasteiger partial charge >= 0.3 is 0 Å². The number of methoxy groups -OCH3 is 1. The maximum absolute atomic E-state index is 10.4. The zero-order valence-electron chi connectivity index (χ0n) is 10.0. The summed E-state index contributed by atoms with van der Waals surface area (Å²) in [6.45, 7) is 4.31. The van der Waals surface area contributed by atoms with Crippen LogP contribution >= 0.6 is 0 Å². The summed E-state index contributed by atoms with van der Waals surface area (Å²) in [6.07, 6.45) is 0.228. The first-order chi connectivity index (χ1) is 7.72. The fourth-order valence-electron chi connectivity index (χ4n) is 0.941. The van der Waals surface area contributed by atoms with Crippen LogP contribution in [0.1, 0.15) is 20.3 Å². The summed E-state index contributed by atoms with van der Waals surface area (Å²) < 4.78 is 10.2. The molecule has 1 amide bonds. The van der Waals surface area contributed by atoms with Crippen molar-refractivity contribution in [2.45, 2.75) is 20.3 Å². The van der Waals surface area contributed by atoms with Gasteiger partial charge in [0.05, 0.1) is 20.1 Å². The third kappa shape index (κ3) is 5.90. The molecule has 0 bridgehead atoms. The van der Waals surface area contributed by atoms with Crippen LogP contribution in [0.3, 0.4) is 0 Å². The Morgan fingerprint density at radius 2 is 1.69 bits per heavy atom. The fraction of sp³-hybridized carbons (Fsp3) is 0.417. The molecule has 16 heavy (non-hydrogen) atoms. The molecule has 0 spiro atoms. The highest BCUT2D eigenvalue weighted by Crippen LogP contribution is 2.16. The molecule has 0 radical (unpaired) electrons. The molecule has 0 heterocycles. The Bertz CT molecular complexity index is 296. The Balaban J connectivity index is 0.00000106. The van der Waals surface area contributed by atoms with Gasteiger partial charge in [-0.05, 0) is 24.3 Å². The van der Waals surface area contributed by atoms with E-state index in [0.717, 1.165) is 5.75 Å². The molecule has 0 aliphatic heterocycles. The molecule has 4 heteroatoms. The number of amides is 1. The van der Waals surface area contributed by atoms with Crippen molar-refractivity contribution < 1.29 is 14.3 Å². The second-order valence-electron chi connectivity index (χ2n) is 2.74. The lowest BCUT2D eigenvalue weighted by Crippen LogP contribution is -2.14. The van der Waals surface area contributed by atoms with Gasteiger partial charge in [-0.1, -0.05) is 13.8 Å². The molecule has 1 aromatic rings. The number of rotatable bonds is 5. The van der Waals surface area contributed by atoms with E-state index >= 15 is 0 Å². The van der Waals surface area contributed by atoms with Crippen molar-refractivity contribution in [3.63, 3.8) is 0 Å². The molecule has 0 fully saturated rings. The third-order valence-corrected chi connectivity index (χ3v) is 1.68. The molecule has 0 aromatic heterocycles. The van der Waals surface area contributed by atoms with Crippen molar-refractivity contribution in [3.05, 3.63) is 24.3 Å². The van der Waals surface area contributed by atoms with E-state index in [9.17, 15) is 4.79 Å². The van der Waals surface area contributed by atoms with Gasteiger partial charge < -0.3 is 15.2 Å². The number of hydrogen-bond acceptors (Lipinski definition) is 3. The highest BCUT2D eigenvalue weighted by molar-refractivity contribution is 5.73. The summed E-state index contributed by atoms with van der Waals surface area (Å²) in [7, 11) is 1.60. The molecule has 0 aliphatic rings. The average Bonchev–Trinajstić information content (AvgIpc) is 2.32. The molecule has 2 N–H and O–H groups in total. The van der Waals surface area contributed by atoms with Gasteiger partial charge in [-0.15, -0.1) is 0 Å². The second-order valence-corrected chi connectivity index (χ2v) is 2.74. The molecule has 0 aliphatic carbocycles. The normalized spacial score (nSPS) is 8.69. The van der Waals surface area contributed by atoms with Crippen LogP contribution in [0, 0.1) is 0 Å². The number of carbonyl (C=O) groups is 1. The van der Waals surface area contributed by atoms with E-state index in [-0.39, 0.29) is 12.3 Å². The molecule has 4 nitrogen and oxygen atoms in total. The van der Waals surface area contributed by atoms with Crippen LogP contribution < -0.4 is 15.2 Å². The molecule has 0 saturated carbocycles. The van der Waals surface area contributed by atoms with Gasteiger partial charge in [-0.25, -0.2) is 0 Å². The van der Waals surface area contributed by atoms with Gasteiger partial charge in [0, 0.05) is 0 Å². The van der Waals surface area contributed by atoms with Crippen LogP contribution in [-0.2, 0) is 4.79 Å². The summed E-state index contributed by atoms with van der Waals surface area (Å²) in [5.41, 5.74) is 4.96. The monoisotopic (exact) mass is 225 g/mol. The number of ether oxygens (including phenoxy) is 2. The van der Waals surface area contributed by atoms with Gasteiger partial charge in [0.2, 0.25) is 5.91 Å². The zero-order valence-corrected chi connectivity index (χ0v) is 10.0. The summed E-state index contributed by atoms with van der Waals surface area (Å²) in [5.74, 6) is 1.11. The van der Waals surface area contributed by atoms with E-state index in [1.807, 2.05) is 13.8 Å². The minimum absolute atomic E-state index is 0.228. The van der Waals surface area contributed by atoms with Crippen LogP contribution in [-0.4, -0.2) is 19.6 Å². The number of hydrogen-bond donors (Lipinski definition) is 1. The number of carbonyl (C=O) groups excluding carboxylic acids is 1. The van der Waals surface area contributed by atoms with E-state index in [4.69, 9.17) is 15.2 Å². The van der Waals surface area contributed by atoms with Crippen LogP contribution in [0.5, 0.6) is 11.5 Å². The fourth-order valence-corrected chi connectivity index (χ4v) is 0.941. The van der Waals surface area contributed by atoms with Crippen LogP contribution in [0.4, 0.5) is 0 Å². The van der Waals surface area contributed by atoms with E-state index < -0.39 is 0 Å². The smallest absolute Gasteiger partial charge is 0.220 e. The van der Waals surface area contributed by atoms with Crippen molar-refractivity contribution in [1.29, 1.82) is 0 Å². The second kappa shape index (κ2) is 8.59. The molecule has 1 aromatic carbocycles. The highest BCUT2D eigenvalue weighted by atomic mass is 16.5. The average molecular weight is 225 g/mol. The molecule has 0 saturated heterocycles. The Morgan fingerprint density at radius 3 is 2.12 bits per heavy atom. The van der Waals surface area contributed by atoms with Crippen molar-refractivity contribution in [2.24, 2.45) is 5.73 Å². The Morgan fingerprint density at radius 1 is 1.19 bits per heavy atom. The lowest BCUT2D eigenvalue weighted by molar-refractivity contribution is -0.118. The Hall–Kier alpha value is -1.71. The highest BCUT2D eigenvalue weighted by Gasteiger charge is 1.97. The van der Waals surface area contributed by atoms with Crippen molar-refractivity contribution >= 4 is 5.91 Å². The molecular formula is C12H19NO3. The first-order valence-corrected chi connectivity index (χ1v) is 5.27. The number of nitrogens with two attached hydrogens (primary N) is 1. The summed E-state index contributed by atoms with van der Waals surface area (Å²) in [5, 5.41) is 0. The van der Waals surface area contributed by atoms with E-state index in [2.05, 4.69) is 0 Å². The first-order valence-electron chi connectivity index (χ1n) is 5.27. The van der Waals surface area contributed by atoms with Crippen LogP contribution in [0.15, 0.2) is 24.3 Å². The molecular weight excluding hydrogens is 206 g/mol. The minimum atomic E-state index is -0.362. The maximum atomic E-state index is 10.4. The molecule has 0 unspecified atom stereocenters. The quantitative estimate of drug-likeness (QED) is 0.833. The largest absolute Gasteiger partial charge is 0.497 e. The predicted octanol–water partition coefficient (Wildman–Crippen LogP) is 1.98. The van der Waals surface area contributed by atoms with Crippen LogP contribution in [0.25, 0.3) is 0 Å². The summed E-state index contributed by atoms with van der Waals surface area (Å²) in [4.78, 5) is 10.4. The van der Waals surface area contributed by atoms with E-state index in [0.29, 0.717) is 12.4 Å². The van der Waals surface area contributed by atoms with Crippen LogP contribution in [0.2, 0.25) is 0 Å². The van der Waals surface area contributed by atoms with Crippen molar-refractivity contribution in [2.75, 3.05) is 13.7 Å². The topological polar surface area (TPSA) is 61.6 Å². The summed E-state index contributed by atoms with van der Waals surface area (Å²) in [6, 6.07) is 7.14. The third-order valence-electron chi connectivity index (χ3n) is 1.68. The van der Waals surface area contributed by atoms with Gasteiger partial charge in [-0.2, -0.15) is 0 Å². The lowest BCUT2D eigenvalue weighted by Gasteiger charge is -2.05. The Kier molecular flexibility index (Phi) is 7.67. The lowest BCUT2D eigenvalue weighted by atomic mass is 10.3. The van der Waals surface area contributed by atoms with E-state index in [1.165, 1.54) is 0 Å². The SMILES string of the molecule is CC.COc1ccc(OCCC(N)=O)cc1. The predicted molar refractivity (Wildman–Crippen MR) is 63.6 cm³/mol. The van der Waals surface area contributed by atoms with Gasteiger partial charge in [0.25, 0.3) is 0 Å². The first kappa shape index (κ1) is 14.3. The van der Waals surface area contributed by atoms with Gasteiger partial charge in [0.1, 0.15) is 11.5 Å². The van der Waals surface area contributed by atoms with Crippen molar-refractivity contribution in [3.8, 4) is 11.5 Å². The minimum Gasteiger partial charge on any atom is -0.497 e. The van der Waals surface area contributed by atoms with Gasteiger partial charge in [0.15, 0.2) is 0 Å². The maximum Gasteiger partial charge on any atom is 0.220 e. The van der Waals surface area contributed by atoms with Gasteiger partial charge in [-0.3, -0.25) is 4.79 Å². The molecule has 90 valence electrons.